The molecule has 5 rings (SSSR count). The quantitative estimate of drug-likeness (QED) is 0.301. The van der Waals surface area contributed by atoms with Gasteiger partial charge in [-0.2, -0.15) is 5.10 Å². The molecule has 0 saturated heterocycles. The van der Waals surface area contributed by atoms with Crippen LogP contribution < -0.4 is 15.4 Å². The van der Waals surface area contributed by atoms with E-state index >= 15 is 0 Å². The minimum absolute atomic E-state index is 0.236. The molecule has 0 saturated carbocycles. The van der Waals surface area contributed by atoms with Gasteiger partial charge in [0.1, 0.15) is 12.4 Å². The second-order valence-electron chi connectivity index (χ2n) is 7.88. The molecule has 2 aromatic carbocycles. The first-order chi connectivity index (χ1) is 17.0. The molecule has 11 heteroatoms. The van der Waals surface area contributed by atoms with Gasteiger partial charge in [-0.15, -0.1) is 0 Å². The number of hydrogen-bond acceptors (Lipinski definition) is 7. The Morgan fingerprint density at radius 2 is 1.80 bits per heavy atom. The first-order valence-electron chi connectivity index (χ1n) is 10.8. The molecule has 0 aliphatic heterocycles. The largest absolute Gasteiger partial charge is 0.424 e. The number of nitrogens with zero attached hydrogens (tertiary/aromatic N) is 6. The predicted molar refractivity (Wildman–Crippen MR) is 133 cm³/mol. The van der Waals surface area contributed by atoms with Crippen LogP contribution in [-0.4, -0.2) is 29.3 Å². The molecule has 5 aromatic rings. The summed E-state index contributed by atoms with van der Waals surface area (Å²) in [6.07, 6.45) is 2.97. The van der Waals surface area contributed by atoms with Crippen molar-refractivity contribution in [3.63, 3.8) is 0 Å². The number of nitrogens with one attached hydrogen (secondary N) is 2. The molecule has 35 heavy (non-hydrogen) atoms. The van der Waals surface area contributed by atoms with Crippen molar-refractivity contribution in [3.05, 3.63) is 77.2 Å². The van der Waals surface area contributed by atoms with Crippen molar-refractivity contribution in [2.24, 2.45) is 14.1 Å². The summed E-state index contributed by atoms with van der Waals surface area (Å²) >= 11 is 5.80. The number of aromatic nitrogens is 6. The number of halogens is 2. The normalized spacial score (nSPS) is 11.1. The highest BCUT2D eigenvalue weighted by molar-refractivity contribution is 6.30. The number of rotatable bonds is 8. The van der Waals surface area contributed by atoms with Gasteiger partial charge in [0.15, 0.2) is 5.82 Å². The zero-order chi connectivity index (χ0) is 24.4. The first-order valence-corrected chi connectivity index (χ1v) is 11.2. The molecular formula is C24H22ClFN8O. The Morgan fingerprint density at radius 3 is 2.51 bits per heavy atom. The highest BCUT2D eigenvalue weighted by Gasteiger charge is 2.10. The van der Waals surface area contributed by atoms with Gasteiger partial charge in [0, 0.05) is 32.4 Å². The van der Waals surface area contributed by atoms with Crippen molar-refractivity contribution < 1.29 is 9.13 Å². The van der Waals surface area contributed by atoms with Crippen LogP contribution in [0.4, 0.5) is 21.8 Å². The van der Waals surface area contributed by atoms with E-state index in [1.165, 1.54) is 17.1 Å². The number of anilines is 3. The van der Waals surface area contributed by atoms with Crippen LogP contribution in [0.2, 0.25) is 5.02 Å². The Bertz CT molecular complexity index is 1460. The Hall–Kier alpha value is -4.18. The molecular weight excluding hydrogens is 471 g/mol. The fraction of sp³-hybridized carbons (Fsp3) is 0.167. The summed E-state index contributed by atoms with van der Waals surface area (Å²) < 4.78 is 22.1. The lowest BCUT2D eigenvalue weighted by molar-refractivity contribution is 0.441. The van der Waals surface area contributed by atoms with Crippen LogP contribution in [-0.2, 0) is 27.3 Å². The van der Waals surface area contributed by atoms with Crippen LogP contribution in [0.5, 0.6) is 11.8 Å². The molecule has 0 atom stereocenters. The molecule has 0 aliphatic carbocycles. The fourth-order valence-electron chi connectivity index (χ4n) is 3.58. The van der Waals surface area contributed by atoms with Crippen LogP contribution in [0.1, 0.15) is 11.3 Å². The summed E-state index contributed by atoms with van der Waals surface area (Å²) in [6.45, 7) is 0.0213. The molecule has 0 spiro atoms. The molecule has 0 aliphatic rings. The maximum atomic E-state index is 13.0. The van der Waals surface area contributed by atoms with Gasteiger partial charge in [-0.05, 0) is 35.9 Å². The number of ether oxygens (including phenoxy) is 1. The third kappa shape index (κ3) is 5.02. The zero-order valence-corrected chi connectivity index (χ0v) is 19.8. The second-order valence-corrected chi connectivity index (χ2v) is 8.32. The van der Waals surface area contributed by atoms with Crippen molar-refractivity contribution in [3.8, 4) is 11.8 Å². The average Bonchev–Trinajstić information content (AvgIpc) is 3.38. The smallest absolute Gasteiger partial charge is 0.321 e. The molecule has 0 radical (unpaired) electrons. The summed E-state index contributed by atoms with van der Waals surface area (Å²) in [6, 6.07) is 15.4. The van der Waals surface area contributed by atoms with E-state index in [9.17, 15) is 4.39 Å². The Morgan fingerprint density at radius 1 is 1.03 bits per heavy atom. The third-order valence-electron chi connectivity index (χ3n) is 5.45. The van der Waals surface area contributed by atoms with Gasteiger partial charge < -0.3 is 19.9 Å². The minimum atomic E-state index is -0.562. The molecule has 0 bridgehead atoms. The number of benzene rings is 2. The lowest BCUT2D eigenvalue weighted by atomic mass is 10.2. The lowest BCUT2D eigenvalue weighted by Crippen LogP contribution is -2.05. The molecule has 0 fully saturated rings. The number of hydrogen-bond donors (Lipinski definition) is 2. The topological polar surface area (TPSA) is 94.7 Å². The van der Waals surface area contributed by atoms with Crippen LogP contribution in [0.3, 0.4) is 0 Å². The number of aryl methyl sites for hydroxylation is 2. The molecule has 9 nitrogen and oxygen atoms in total. The number of fused-ring (bicyclic) bond motifs is 1. The SMILES string of the molecule is Cn1nc(Nc2ccc3nc(NCc4ccc(Oc5ncc(Cl)cn5)cc4)n(C)c3c2)cc1CF. The lowest BCUT2D eigenvalue weighted by Gasteiger charge is -2.08. The van der Waals surface area contributed by atoms with Crippen molar-refractivity contribution in [1.82, 2.24) is 29.3 Å². The van der Waals surface area contributed by atoms with Gasteiger partial charge in [0.2, 0.25) is 5.95 Å². The van der Waals surface area contributed by atoms with Crippen LogP contribution in [0.15, 0.2) is 60.9 Å². The van der Waals surface area contributed by atoms with Crippen molar-refractivity contribution in [2.75, 3.05) is 10.6 Å². The van der Waals surface area contributed by atoms with Gasteiger partial charge in [-0.3, -0.25) is 4.68 Å². The zero-order valence-electron chi connectivity index (χ0n) is 19.0. The summed E-state index contributed by atoms with van der Waals surface area (Å²) in [5.41, 5.74) is 4.22. The summed E-state index contributed by atoms with van der Waals surface area (Å²) in [7, 11) is 3.67. The highest BCUT2D eigenvalue weighted by Crippen LogP contribution is 2.25. The Labute approximate surface area is 205 Å². The van der Waals surface area contributed by atoms with Gasteiger partial charge in [0.05, 0.1) is 34.1 Å². The van der Waals surface area contributed by atoms with Crippen LogP contribution >= 0.6 is 11.6 Å². The van der Waals surface area contributed by atoms with Gasteiger partial charge in [-0.25, -0.2) is 19.3 Å². The summed E-state index contributed by atoms with van der Waals surface area (Å²) in [4.78, 5) is 12.7. The van der Waals surface area contributed by atoms with Crippen LogP contribution in [0, 0.1) is 0 Å². The van der Waals surface area contributed by atoms with E-state index in [2.05, 4.69) is 25.7 Å². The van der Waals surface area contributed by atoms with E-state index in [0.717, 1.165) is 28.2 Å². The summed E-state index contributed by atoms with van der Waals surface area (Å²) in [5.74, 6) is 1.96. The molecule has 3 aromatic heterocycles. The van der Waals surface area contributed by atoms with Crippen LogP contribution in [0.25, 0.3) is 11.0 Å². The summed E-state index contributed by atoms with van der Waals surface area (Å²) in [5, 5.41) is 11.3. The molecule has 0 amide bonds. The van der Waals surface area contributed by atoms with Crippen molar-refractivity contribution in [1.29, 1.82) is 0 Å². The third-order valence-corrected chi connectivity index (χ3v) is 5.64. The molecule has 3 heterocycles. The Kier molecular flexibility index (Phi) is 6.19. The van der Waals surface area contributed by atoms with Crippen molar-refractivity contribution >= 4 is 40.1 Å². The second kappa shape index (κ2) is 9.59. The first kappa shape index (κ1) is 22.6. The minimum Gasteiger partial charge on any atom is -0.424 e. The maximum Gasteiger partial charge on any atom is 0.321 e. The van der Waals surface area contributed by atoms with E-state index in [1.807, 2.05) is 54.1 Å². The van der Waals surface area contributed by atoms with E-state index in [4.69, 9.17) is 21.3 Å². The fourth-order valence-corrected chi connectivity index (χ4v) is 3.68. The Balaban J connectivity index is 1.25. The van der Waals surface area contributed by atoms with E-state index in [1.54, 1.807) is 13.1 Å². The van der Waals surface area contributed by atoms with Crippen molar-refractivity contribution in [2.45, 2.75) is 13.2 Å². The van der Waals surface area contributed by atoms with Gasteiger partial charge in [0.25, 0.3) is 0 Å². The standard InChI is InChI=1S/C24H22ClFN8O/c1-33-21-9-17(30-22-10-18(11-26)34(2)32-22)5-8-20(21)31-23(33)27-12-15-3-6-19(7-4-15)35-24-28-13-16(25)14-29-24/h3-10,13-14H,11-12H2,1-2H3,(H,27,31)(H,30,32). The van der Waals surface area contributed by atoms with E-state index < -0.39 is 6.67 Å². The van der Waals surface area contributed by atoms with E-state index in [-0.39, 0.29) is 6.01 Å². The molecule has 178 valence electrons. The highest BCUT2D eigenvalue weighted by atomic mass is 35.5. The predicted octanol–water partition coefficient (Wildman–Crippen LogP) is 5.37. The van der Waals surface area contributed by atoms with E-state index in [0.29, 0.717) is 28.8 Å². The molecule has 2 N–H and O–H groups in total. The monoisotopic (exact) mass is 492 g/mol. The van der Waals surface area contributed by atoms with Gasteiger partial charge >= 0.3 is 6.01 Å². The average molecular weight is 493 g/mol. The maximum absolute atomic E-state index is 13.0. The number of imidazole rings is 1. The van der Waals surface area contributed by atoms with Gasteiger partial charge in [-0.1, -0.05) is 23.7 Å². The molecule has 0 unspecified atom stereocenters. The number of alkyl halides is 1.